The maximum atomic E-state index is 11.7. The SMILES string of the molecule is Nc1nc2c(ncn2[C@H]2CC[C@@H](/C=C\C(O)P)O2)c(=O)[nH]1. The second-order valence-electron chi connectivity index (χ2n) is 4.86. The monoisotopic (exact) mass is 309 g/mol. The van der Waals surface area contributed by atoms with E-state index in [1.165, 1.54) is 6.33 Å². The first-order chi connectivity index (χ1) is 10.0. The van der Waals surface area contributed by atoms with E-state index in [0.717, 1.165) is 12.8 Å². The van der Waals surface area contributed by atoms with Crippen LogP contribution in [0.4, 0.5) is 5.95 Å². The molecule has 0 aliphatic carbocycles. The minimum atomic E-state index is -0.582. The van der Waals surface area contributed by atoms with Crippen LogP contribution in [0.5, 0.6) is 0 Å². The Morgan fingerprint density at radius 1 is 1.62 bits per heavy atom. The molecule has 0 bridgehead atoms. The number of hydrogen-bond donors (Lipinski definition) is 3. The second-order valence-corrected chi connectivity index (χ2v) is 5.54. The highest BCUT2D eigenvalue weighted by Crippen LogP contribution is 2.30. The van der Waals surface area contributed by atoms with Crippen molar-refractivity contribution in [1.29, 1.82) is 0 Å². The number of aromatic amines is 1. The number of nitrogens with two attached hydrogens (primary N) is 1. The Kier molecular flexibility index (Phi) is 3.75. The van der Waals surface area contributed by atoms with Crippen LogP contribution in [0, 0.1) is 0 Å². The Morgan fingerprint density at radius 3 is 3.19 bits per heavy atom. The number of anilines is 1. The number of imidazole rings is 1. The molecule has 2 aromatic rings. The van der Waals surface area contributed by atoms with Crippen LogP contribution in [-0.4, -0.2) is 36.6 Å². The van der Waals surface area contributed by atoms with Crippen LogP contribution >= 0.6 is 9.24 Å². The molecule has 4 atom stereocenters. The molecule has 0 spiro atoms. The zero-order valence-electron chi connectivity index (χ0n) is 11.1. The predicted octanol–water partition coefficient (Wildman–Crippen LogP) is 0.129. The Hall–Kier alpha value is -1.76. The number of nitrogens with one attached hydrogen (secondary N) is 1. The van der Waals surface area contributed by atoms with Gasteiger partial charge >= 0.3 is 0 Å². The third-order valence-corrected chi connectivity index (χ3v) is 3.54. The number of aliphatic hydroxyl groups excluding tert-OH is 1. The van der Waals surface area contributed by atoms with Gasteiger partial charge in [0.1, 0.15) is 6.23 Å². The van der Waals surface area contributed by atoms with Gasteiger partial charge in [0.25, 0.3) is 5.56 Å². The minimum Gasteiger partial charge on any atom is -0.385 e. The third kappa shape index (κ3) is 2.83. The maximum Gasteiger partial charge on any atom is 0.280 e. The lowest BCUT2D eigenvalue weighted by atomic mass is 10.2. The van der Waals surface area contributed by atoms with E-state index in [1.807, 2.05) is 6.08 Å². The van der Waals surface area contributed by atoms with Crippen molar-refractivity contribution in [2.24, 2.45) is 0 Å². The van der Waals surface area contributed by atoms with Crippen LogP contribution in [0.15, 0.2) is 23.3 Å². The molecule has 9 heteroatoms. The van der Waals surface area contributed by atoms with Gasteiger partial charge in [-0.3, -0.25) is 14.3 Å². The summed E-state index contributed by atoms with van der Waals surface area (Å²) >= 11 is 0. The fourth-order valence-corrected chi connectivity index (χ4v) is 2.51. The Bertz CT molecular complexity index is 738. The van der Waals surface area contributed by atoms with Crippen LogP contribution in [0.1, 0.15) is 19.1 Å². The highest BCUT2D eigenvalue weighted by Gasteiger charge is 2.27. The lowest BCUT2D eigenvalue weighted by Crippen LogP contribution is -2.14. The molecular weight excluding hydrogens is 293 g/mol. The summed E-state index contributed by atoms with van der Waals surface area (Å²) in [5.74, 6) is -0.531. The molecule has 2 aromatic heterocycles. The summed E-state index contributed by atoms with van der Waals surface area (Å²) in [6.45, 7) is 0. The van der Waals surface area contributed by atoms with E-state index in [1.54, 1.807) is 10.6 Å². The van der Waals surface area contributed by atoms with Gasteiger partial charge in [-0.05, 0) is 12.8 Å². The first-order valence-electron chi connectivity index (χ1n) is 6.54. The fourth-order valence-electron chi connectivity index (χ4n) is 2.38. The highest BCUT2D eigenvalue weighted by molar-refractivity contribution is 7.17. The molecule has 0 saturated carbocycles. The maximum absolute atomic E-state index is 11.7. The number of fused-ring (bicyclic) bond motifs is 1. The van der Waals surface area contributed by atoms with E-state index in [9.17, 15) is 9.90 Å². The van der Waals surface area contributed by atoms with Crippen molar-refractivity contribution in [3.63, 3.8) is 0 Å². The summed E-state index contributed by atoms with van der Waals surface area (Å²) in [6.07, 6.45) is 6.27. The molecule has 112 valence electrons. The molecule has 1 aliphatic rings. The Balaban J connectivity index is 1.87. The van der Waals surface area contributed by atoms with Gasteiger partial charge in [-0.15, -0.1) is 9.24 Å². The van der Waals surface area contributed by atoms with Crippen molar-refractivity contribution in [1.82, 2.24) is 19.5 Å². The predicted molar refractivity (Wildman–Crippen MR) is 80.6 cm³/mol. The highest BCUT2D eigenvalue weighted by atomic mass is 31.0. The Morgan fingerprint density at radius 2 is 2.43 bits per heavy atom. The number of aliphatic hydroxyl groups is 1. The number of aromatic nitrogens is 4. The smallest absolute Gasteiger partial charge is 0.280 e. The first kappa shape index (κ1) is 14.2. The summed E-state index contributed by atoms with van der Waals surface area (Å²) < 4.78 is 7.58. The normalized spacial score (nSPS) is 24.1. The lowest BCUT2D eigenvalue weighted by Gasteiger charge is -2.13. The van der Waals surface area contributed by atoms with Crippen molar-refractivity contribution >= 4 is 26.4 Å². The minimum absolute atomic E-state index is 0.0508. The second kappa shape index (κ2) is 5.55. The molecule has 8 nitrogen and oxygen atoms in total. The number of hydrogen-bond acceptors (Lipinski definition) is 6. The number of H-pyrrole nitrogens is 1. The van der Waals surface area contributed by atoms with Crippen molar-refractivity contribution in [3.05, 3.63) is 28.8 Å². The van der Waals surface area contributed by atoms with Crippen LogP contribution in [0.2, 0.25) is 0 Å². The zero-order chi connectivity index (χ0) is 15.0. The summed E-state index contributed by atoms with van der Waals surface area (Å²) in [5, 5.41) is 9.21. The van der Waals surface area contributed by atoms with Gasteiger partial charge in [0, 0.05) is 0 Å². The van der Waals surface area contributed by atoms with Crippen LogP contribution in [0.3, 0.4) is 0 Å². The molecule has 4 N–H and O–H groups in total. The van der Waals surface area contributed by atoms with E-state index in [0.29, 0.717) is 5.65 Å². The Labute approximate surface area is 122 Å². The average Bonchev–Trinajstić information content (AvgIpc) is 3.02. The van der Waals surface area contributed by atoms with E-state index in [-0.39, 0.29) is 29.4 Å². The number of ether oxygens (including phenoxy) is 1. The molecule has 0 radical (unpaired) electrons. The summed E-state index contributed by atoms with van der Waals surface area (Å²) in [7, 11) is 2.28. The van der Waals surface area contributed by atoms with E-state index < -0.39 is 5.85 Å². The van der Waals surface area contributed by atoms with Crippen LogP contribution in [0.25, 0.3) is 11.2 Å². The van der Waals surface area contributed by atoms with Gasteiger partial charge < -0.3 is 15.6 Å². The first-order valence-corrected chi connectivity index (χ1v) is 7.21. The fraction of sp³-hybridized carbons (Fsp3) is 0.417. The average molecular weight is 309 g/mol. The molecule has 3 rings (SSSR count). The molecule has 1 aliphatic heterocycles. The topological polar surface area (TPSA) is 119 Å². The van der Waals surface area contributed by atoms with Gasteiger partial charge in [0.15, 0.2) is 11.2 Å². The standard InChI is InChI=1S/C12H16N5O3P/c13-12-15-10-9(11(19)16-12)14-5-17(10)7-3-1-6(20-7)2-4-8(18)21/h2,4-8,18H,1,3,21H2,(H3,13,15,16,19)/b4-2-/t6-,7+,8?/m0/s1. The van der Waals surface area contributed by atoms with Crippen LogP contribution in [-0.2, 0) is 4.74 Å². The molecule has 0 amide bonds. The molecule has 1 fully saturated rings. The van der Waals surface area contributed by atoms with Crippen molar-refractivity contribution < 1.29 is 9.84 Å². The van der Waals surface area contributed by atoms with Gasteiger partial charge in [0.05, 0.1) is 18.3 Å². The van der Waals surface area contributed by atoms with E-state index >= 15 is 0 Å². The quantitative estimate of drug-likeness (QED) is 0.547. The van der Waals surface area contributed by atoms with E-state index in [2.05, 4.69) is 24.2 Å². The van der Waals surface area contributed by atoms with Crippen molar-refractivity contribution in [2.75, 3.05) is 5.73 Å². The molecule has 21 heavy (non-hydrogen) atoms. The third-order valence-electron chi connectivity index (χ3n) is 3.31. The lowest BCUT2D eigenvalue weighted by molar-refractivity contribution is 0.0256. The zero-order valence-corrected chi connectivity index (χ0v) is 12.3. The molecule has 0 aromatic carbocycles. The number of rotatable bonds is 3. The van der Waals surface area contributed by atoms with Gasteiger partial charge in [-0.2, -0.15) is 4.98 Å². The van der Waals surface area contributed by atoms with Gasteiger partial charge in [-0.25, -0.2) is 4.98 Å². The summed E-state index contributed by atoms with van der Waals surface area (Å²) in [4.78, 5) is 22.3. The van der Waals surface area contributed by atoms with Gasteiger partial charge in [0.2, 0.25) is 5.95 Å². The molecule has 2 unspecified atom stereocenters. The molecule has 1 saturated heterocycles. The van der Waals surface area contributed by atoms with Crippen molar-refractivity contribution in [3.8, 4) is 0 Å². The molecular formula is C12H16N5O3P. The van der Waals surface area contributed by atoms with Gasteiger partial charge in [-0.1, -0.05) is 12.2 Å². The summed E-state index contributed by atoms with van der Waals surface area (Å²) in [5.41, 5.74) is 5.86. The number of nitrogen functional groups attached to an aromatic ring is 1. The van der Waals surface area contributed by atoms with E-state index in [4.69, 9.17) is 10.5 Å². The van der Waals surface area contributed by atoms with Crippen LogP contribution < -0.4 is 11.3 Å². The molecule has 3 heterocycles. The number of nitrogens with zero attached hydrogens (tertiary/aromatic N) is 3. The largest absolute Gasteiger partial charge is 0.385 e. The summed E-state index contributed by atoms with van der Waals surface area (Å²) in [6, 6.07) is 0. The van der Waals surface area contributed by atoms with Crippen molar-refractivity contribution in [2.45, 2.75) is 31.0 Å².